The van der Waals surface area contributed by atoms with E-state index in [4.69, 9.17) is 9.47 Å². The van der Waals surface area contributed by atoms with Crippen LogP contribution in [0.2, 0.25) is 0 Å². The first kappa shape index (κ1) is 13.8. The third-order valence-corrected chi connectivity index (χ3v) is 4.64. The van der Waals surface area contributed by atoms with Crippen molar-refractivity contribution in [2.75, 3.05) is 13.2 Å². The fourth-order valence-corrected chi connectivity index (χ4v) is 3.16. The molecule has 5 rings (SSSR count). The van der Waals surface area contributed by atoms with E-state index in [1.54, 1.807) is 0 Å². The lowest BCUT2D eigenvalue weighted by molar-refractivity contribution is 0.379. The average molecular weight is 328 g/mol. The van der Waals surface area contributed by atoms with E-state index in [1.165, 1.54) is 12.1 Å². The highest BCUT2D eigenvalue weighted by atomic mass is 16.6. The van der Waals surface area contributed by atoms with Gasteiger partial charge in [0.05, 0.1) is 60.1 Å². The van der Waals surface area contributed by atoms with Gasteiger partial charge in [0.2, 0.25) is 0 Å². The topological polar surface area (TPSA) is 103 Å². The normalized spacial score (nSPS) is 22.5. The number of epoxide rings is 2. The molecule has 2 unspecified atom stereocenters. The van der Waals surface area contributed by atoms with Crippen LogP contribution in [0.3, 0.4) is 0 Å². The fourth-order valence-electron chi connectivity index (χ4n) is 3.16. The number of hydrogen-bond donors (Lipinski definition) is 0. The van der Waals surface area contributed by atoms with Gasteiger partial charge in [-0.15, -0.1) is 0 Å². The van der Waals surface area contributed by atoms with Gasteiger partial charge in [-0.3, -0.25) is 28.3 Å². The Labute approximate surface area is 133 Å². The predicted molar refractivity (Wildman–Crippen MR) is 84.4 cm³/mol. The third-order valence-electron chi connectivity index (χ3n) is 4.64. The van der Waals surface area contributed by atoms with Gasteiger partial charge >= 0.3 is 0 Å². The molecule has 2 atom stereocenters. The summed E-state index contributed by atoms with van der Waals surface area (Å²) in [6.45, 7) is 1.45. The Bertz CT molecular complexity index is 1030. The SMILES string of the molecule is O=c1c2cc3c(=O)n(CC4CO4)c(=O)c3cc2c(=O)n1CC1CO1. The highest BCUT2D eigenvalue weighted by molar-refractivity contribution is 5.97. The van der Waals surface area contributed by atoms with E-state index in [-0.39, 0.29) is 46.8 Å². The molecule has 0 N–H and O–H groups in total. The van der Waals surface area contributed by atoms with E-state index in [0.717, 1.165) is 9.13 Å². The number of ether oxygens (including phenoxy) is 2. The molecule has 2 fully saturated rings. The summed E-state index contributed by atoms with van der Waals surface area (Å²) in [6, 6.07) is 2.74. The zero-order valence-electron chi connectivity index (χ0n) is 12.5. The molecule has 0 spiro atoms. The summed E-state index contributed by atoms with van der Waals surface area (Å²) in [5, 5.41) is 0.685. The summed E-state index contributed by atoms with van der Waals surface area (Å²) in [5.41, 5.74) is -1.79. The van der Waals surface area contributed by atoms with Gasteiger partial charge in [-0.1, -0.05) is 0 Å². The van der Waals surface area contributed by atoms with Gasteiger partial charge in [-0.2, -0.15) is 0 Å². The van der Waals surface area contributed by atoms with Gasteiger partial charge in [-0.05, 0) is 12.1 Å². The van der Waals surface area contributed by atoms with Gasteiger partial charge < -0.3 is 9.47 Å². The molecule has 2 aromatic heterocycles. The van der Waals surface area contributed by atoms with Crippen LogP contribution in [0, 0.1) is 0 Å². The van der Waals surface area contributed by atoms with E-state index in [9.17, 15) is 19.2 Å². The largest absolute Gasteiger partial charge is 0.371 e. The number of hydrogen-bond acceptors (Lipinski definition) is 6. The quantitative estimate of drug-likeness (QED) is 0.552. The molecular weight excluding hydrogens is 316 g/mol. The van der Waals surface area contributed by atoms with Crippen molar-refractivity contribution in [2.24, 2.45) is 0 Å². The molecule has 24 heavy (non-hydrogen) atoms. The van der Waals surface area contributed by atoms with E-state index < -0.39 is 22.2 Å². The molecule has 2 aliphatic heterocycles. The number of rotatable bonds is 4. The van der Waals surface area contributed by atoms with Crippen LogP contribution in [0.4, 0.5) is 0 Å². The number of nitrogens with zero attached hydrogens (tertiary/aromatic N) is 2. The van der Waals surface area contributed by atoms with E-state index >= 15 is 0 Å². The second kappa shape index (κ2) is 4.49. The van der Waals surface area contributed by atoms with Gasteiger partial charge in [0.1, 0.15) is 0 Å². The second-order valence-corrected chi connectivity index (χ2v) is 6.30. The number of fused-ring (bicyclic) bond motifs is 2. The maximum absolute atomic E-state index is 12.4. The fraction of sp³-hybridized carbons (Fsp3) is 0.375. The smallest absolute Gasteiger partial charge is 0.261 e. The summed E-state index contributed by atoms with van der Waals surface area (Å²) in [4.78, 5) is 49.8. The number of aromatic nitrogens is 2. The van der Waals surface area contributed by atoms with E-state index in [1.807, 2.05) is 0 Å². The molecule has 4 heterocycles. The molecule has 2 aliphatic rings. The van der Waals surface area contributed by atoms with Crippen LogP contribution >= 0.6 is 0 Å². The minimum Gasteiger partial charge on any atom is -0.371 e. The van der Waals surface area contributed by atoms with Crippen molar-refractivity contribution in [3.8, 4) is 0 Å². The monoisotopic (exact) mass is 328 g/mol. The van der Waals surface area contributed by atoms with Gasteiger partial charge in [0.15, 0.2) is 0 Å². The Balaban J connectivity index is 1.79. The molecule has 122 valence electrons. The molecule has 0 amide bonds. The van der Waals surface area contributed by atoms with Crippen molar-refractivity contribution in [1.29, 1.82) is 0 Å². The predicted octanol–water partition coefficient (Wildman–Crippen LogP) is -1.29. The lowest BCUT2D eigenvalue weighted by Crippen LogP contribution is -2.28. The minimum absolute atomic E-state index is 0.114. The highest BCUT2D eigenvalue weighted by Gasteiger charge is 2.28. The summed E-state index contributed by atoms with van der Waals surface area (Å²) < 4.78 is 12.4. The molecule has 0 aliphatic carbocycles. The van der Waals surface area contributed by atoms with Gasteiger partial charge in [-0.25, -0.2) is 0 Å². The molecule has 3 aromatic rings. The summed E-state index contributed by atoms with van der Waals surface area (Å²) >= 11 is 0. The Kier molecular flexibility index (Phi) is 2.59. The summed E-state index contributed by atoms with van der Waals surface area (Å²) in [5.74, 6) is 0. The Morgan fingerprint density at radius 2 is 1.00 bits per heavy atom. The van der Waals surface area contributed by atoms with Gasteiger partial charge in [0, 0.05) is 0 Å². The molecule has 0 bridgehead atoms. The number of benzene rings is 1. The minimum atomic E-state index is -0.447. The van der Waals surface area contributed by atoms with Crippen LogP contribution in [-0.4, -0.2) is 34.6 Å². The van der Waals surface area contributed by atoms with Crippen LogP contribution in [0.15, 0.2) is 31.3 Å². The van der Waals surface area contributed by atoms with E-state index in [2.05, 4.69) is 0 Å². The molecule has 0 saturated carbocycles. The first-order chi connectivity index (χ1) is 11.5. The zero-order chi connectivity index (χ0) is 16.6. The van der Waals surface area contributed by atoms with Crippen molar-refractivity contribution < 1.29 is 9.47 Å². The first-order valence-corrected chi connectivity index (χ1v) is 7.68. The van der Waals surface area contributed by atoms with Crippen LogP contribution < -0.4 is 22.2 Å². The lowest BCUT2D eigenvalue weighted by Gasteiger charge is -1.93. The van der Waals surface area contributed by atoms with Crippen LogP contribution in [-0.2, 0) is 22.6 Å². The van der Waals surface area contributed by atoms with Crippen molar-refractivity contribution in [3.05, 3.63) is 53.5 Å². The molecular formula is C16H12N2O6. The average Bonchev–Trinajstić information content (AvgIpc) is 3.48. The van der Waals surface area contributed by atoms with Crippen molar-refractivity contribution in [2.45, 2.75) is 25.3 Å². The second-order valence-electron chi connectivity index (χ2n) is 6.30. The Morgan fingerprint density at radius 1 is 0.708 bits per heavy atom. The third kappa shape index (κ3) is 1.87. The molecule has 8 heteroatoms. The molecule has 2 saturated heterocycles. The van der Waals surface area contributed by atoms with Gasteiger partial charge in [0.25, 0.3) is 22.2 Å². The maximum Gasteiger partial charge on any atom is 0.261 e. The van der Waals surface area contributed by atoms with Crippen LogP contribution in [0.5, 0.6) is 0 Å². The standard InChI is InChI=1S/C16H12N2O6/c19-13-9-1-10-12(16(22)18(14(10)20)4-8-6-24-8)2-11(9)15(21)17(13)3-7-5-23-7/h1-2,7-8H,3-6H2. The van der Waals surface area contributed by atoms with Crippen molar-refractivity contribution >= 4 is 21.5 Å². The van der Waals surface area contributed by atoms with Crippen LogP contribution in [0.25, 0.3) is 21.5 Å². The first-order valence-electron chi connectivity index (χ1n) is 7.68. The lowest BCUT2D eigenvalue weighted by atomic mass is 10.1. The zero-order valence-corrected chi connectivity index (χ0v) is 12.5. The Hall–Kier alpha value is -2.58. The molecule has 0 radical (unpaired) electrons. The molecule has 1 aromatic carbocycles. The highest BCUT2D eigenvalue weighted by Crippen LogP contribution is 2.17. The van der Waals surface area contributed by atoms with Crippen molar-refractivity contribution in [3.63, 3.8) is 0 Å². The summed E-state index contributed by atoms with van der Waals surface area (Å²) in [6.07, 6.45) is -0.229. The Morgan fingerprint density at radius 3 is 1.25 bits per heavy atom. The van der Waals surface area contributed by atoms with Crippen LogP contribution in [0.1, 0.15) is 0 Å². The molecule has 8 nitrogen and oxygen atoms in total. The van der Waals surface area contributed by atoms with E-state index in [0.29, 0.717) is 13.2 Å². The maximum atomic E-state index is 12.4. The van der Waals surface area contributed by atoms with Crippen molar-refractivity contribution in [1.82, 2.24) is 9.13 Å². The summed E-state index contributed by atoms with van der Waals surface area (Å²) in [7, 11) is 0.